The number of halogens is 2. The maximum absolute atomic E-state index is 13.3. The minimum absolute atomic E-state index is 0.104. The topological polar surface area (TPSA) is 87.7 Å². The SMILES string of the molecule is C[C@H]1[C@H](C)CCC[C@@H]1NC(=O)CSc1nnc(-c2ccc(F)c(F)c2)c(=O)[nH]1. The van der Waals surface area contributed by atoms with Gasteiger partial charge in [-0.2, -0.15) is 0 Å². The van der Waals surface area contributed by atoms with Crippen molar-refractivity contribution in [3.8, 4) is 11.3 Å². The first-order valence-corrected chi connectivity index (χ1v) is 10.2. The lowest BCUT2D eigenvalue weighted by molar-refractivity contribution is -0.120. The third kappa shape index (κ3) is 4.76. The molecular weight excluding hydrogens is 386 g/mol. The number of rotatable bonds is 5. The predicted octanol–water partition coefficient (Wildman–Crippen LogP) is 3.14. The van der Waals surface area contributed by atoms with Gasteiger partial charge in [0.2, 0.25) is 5.91 Å². The number of thioether (sulfide) groups is 1. The van der Waals surface area contributed by atoms with Crippen LogP contribution in [0.15, 0.2) is 28.2 Å². The number of carbonyl (C=O) groups is 1. The van der Waals surface area contributed by atoms with E-state index in [-0.39, 0.29) is 34.1 Å². The van der Waals surface area contributed by atoms with Crippen LogP contribution < -0.4 is 10.9 Å². The van der Waals surface area contributed by atoms with Crippen molar-refractivity contribution in [1.29, 1.82) is 0 Å². The van der Waals surface area contributed by atoms with E-state index >= 15 is 0 Å². The fourth-order valence-corrected chi connectivity index (χ4v) is 4.00. The zero-order chi connectivity index (χ0) is 20.3. The molecule has 3 atom stereocenters. The van der Waals surface area contributed by atoms with Gasteiger partial charge in [-0.1, -0.05) is 38.5 Å². The average molecular weight is 408 g/mol. The van der Waals surface area contributed by atoms with Gasteiger partial charge in [-0.05, 0) is 36.5 Å². The summed E-state index contributed by atoms with van der Waals surface area (Å²) in [6, 6.07) is 3.23. The van der Waals surface area contributed by atoms with Crippen LogP contribution in [0.1, 0.15) is 33.1 Å². The Labute approximate surface area is 165 Å². The predicted molar refractivity (Wildman–Crippen MR) is 103 cm³/mol. The molecule has 0 unspecified atom stereocenters. The van der Waals surface area contributed by atoms with Gasteiger partial charge in [0, 0.05) is 11.6 Å². The summed E-state index contributed by atoms with van der Waals surface area (Å²) in [5, 5.41) is 10.9. The summed E-state index contributed by atoms with van der Waals surface area (Å²) in [6.07, 6.45) is 3.26. The molecule has 150 valence electrons. The largest absolute Gasteiger partial charge is 0.352 e. The zero-order valence-electron chi connectivity index (χ0n) is 15.7. The quantitative estimate of drug-likeness (QED) is 0.742. The lowest BCUT2D eigenvalue weighted by atomic mass is 9.78. The van der Waals surface area contributed by atoms with E-state index in [1.165, 1.54) is 12.5 Å². The van der Waals surface area contributed by atoms with Crippen LogP contribution in [0.2, 0.25) is 0 Å². The highest BCUT2D eigenvalue weighted by atomic mass is 32.2. The van der Waals surface area contributed by atoms with Crippen LogP contribution in [-0.4, -0.2) is 32.9 Å². The molecule has 9 heteroatoms. The fraction of sp³-hybridized carbons (Fsp3) is 0.474. The highest BCUT2D eigenvalue weighted by Crippen LogP contribution is 2.29. The molecule has 0 saturated heterocycles. The van der Waals surface area contributed by atoms with E-state index < -0.39 is 17.2 Å². The zero-order valence-corrected chi connectivity index (χ0v) is 16.5. The van der Waals surface area contributed by atoms with Crippen LogP contribution in [-0.2, 0) is 4.79 Å². The van der Waals surface area contributed by atoms with Crippen molar-refractivity contribution in [2.45, 2.75) is 44.3 Å². The van der Waals surface area contributed by atoms with Gasteiger partial charge in [0.1, 0.15) is 0 Å². The van der Waals surface area contributed by atoms with E-state index in [0.717, 1.165) is 36.7 Å². The normalized spacial score (nSPS) is 22.1. The van der Waals surface area contributed by atoms with E-state index in [9.17, 15) is 18.4 Å². The highest BCUT2D eigenvalue weighted by molar-refractivity contribution is 7.99. The summed E-state index contributed by atoms with van der Waals surface area (Å²) >= 11 is 1.07. The summed E-state index contributed by atoms with van der Waals surface area (Å²) in [5.74, 6) is -1.08. The van der Waals surface area contributed by atoms with Crippen molar-refractivity contribution in [3.05, 3.63) is 40.2 Å². The molecule has 1 heterocycles. The summed E-state index contributed by atoms with van der Waals surface area (Å²) in [4.78, 5) is 26.9. The van der Waals surface area contributed by atoms with Gasteiger partial charge < -0.3 is 5.32 Å². The van der Waals surface area contributed by atoms with Gasteiger partial charge in [0.15, 0.2) is 22.5 Å². The fourth-order valence-electron chi connectivity index (χ4n) is 3.39. The van der Waals surface area contributed by atoms with Crippen LogP contribution in [0, 0.1) is 23.5 Å². The molecule has 2 N–H and O–H groups in total. The van der Waals surface area contributed by atoms with Gasteiger partial charge in [0.25, 0.3) is 5.56 Å². The molecular formula is C19H22F2N4O2S. The number of hydrogen-bond donors (Lipinski definition) is 2. The monoisotopic (exact) mass is 408 g/mol. The average Bonchev–Trinajstić information content (AvgIpc) is 2.66. The van der Waals surface area contributed by atoms with E-state index in [1.807, 2.05) is 0 Å². The highest BCUT2D eigenvalue weighted by Gasteiger charge is 2.28. The Hall–Kier alpha value is -2.29. The molecule has 28 heavy (non-hydrogen) atoms. The number of H-pyrrole nitrogens is 1. The number of nitrogens with one attached hydrogen (secondary N) is 2. The Morgan fingerprint density at radius 1 is 1.25 bits per heavy atom. The maximum atomic E-state index is 13.3. The standard InChI is InChI=1S/C19H22F2N4O2S/c1-10-4-3-5-15(11(10)2)22-16(26)9-28-19-23-18(27)17(24-25-19)12-6-7-13(20)14(21)8-12/h6-8,10-11,15H,3-5,9H2,1-2H3,(H,22,26)(H,23,25,27)/t10-,11+,15+/m1/s1. The smallest absolute Gasteiger partial charge is 0.278 e. The molecule has 3 rings (SSSR count). The second-order valence-corrected chi connectivity index (χ2v) is 8.13. The summed E-state index contributed by atoms with van der Waals surface area (Å²) < 4.78 is 26.4. The van der Waals surface area contributed by atoms with Gasteiger partial charge in [-0.3, -0.25) is 14.6 Å². The third-order valence-electron chi connectivity index (χ3n) is 5.26. The maximum Gasteiger partial charge on any atom is 0.278 e. The first-order chi connectivity index (χ1) is 13.3. The molecule has 1 aromatic carbocycles. The van der Waals surface area contributed by atoms with Crippen LogP contribution in [0.25, 0.3) is 11.3 Å². The minimum Gasteiger partial charge on any atom is -0.352 e. The van der Waals surface area contributed by atoms with Crippen molar-refractivity contribution in [2.24, 2.45) is 11.8 Å². The third-order valence-corrected chi connectivity index (χ3v) is 6.13. The lowest BCUT2D eigenvalue weighted by Crippen LogP contribution is -2.44. The van der Waals surface area contributed by atoms with Gasteiger partial charge in [0.05, 0.1) is 5.75 Å². The van der Waals surface area contributed by atoms with Crippen molar-refractivity contribution in [3.63, 3.8) is 0 Å². The number of amides is 1. The first kappa shape index (κ1) is 20.4. The van der Waals surface area contributed by atoms with Crippen molar-refractivity contribution in [1.82, 2.24) is 20.5 Å². The van der Waals surface area contributed by atoms with Gasteiger partial charge in [-0.25, -0.2) is 8.78 Å². The van der Waals surface area contributed by atoms with Crippen molar-refractivity contribution in [2.75, 3.05) is 5.75 Å². The molecule has 1 aromatic heterocycles. The second-order valence-electron chi connectivity index (χ2n) is 7.17. The first-order valence-electron chi connectivity index (χ1n) is 9.19. The molecule has 1 aliphatic rings. The number of aromatic nitrogens is 3. The molecule has 6 nitrogen and oxygen atoms in total. The van der Waals surface area contributed by atoms with E-state index in [1.54, 1.807) is 0 Å². The Kier molecular flexibility index (Phi) is 6.43. The number of benzene rings is 1. The summed E-state index contributed by atoms with van der Waals surface area (Å²) in [5.41, 5.74) is -0.571. The molecule has 1 aliphatic carbocycles. The lowest BCUT2D eigenvalue weighted by Gasteiger charge is -2.34. The Morgan fingerprint density at radius 3 is 2.75 bits per heavy atom. The summed E-state index contributed by atoms with van der Waals surface area (Å²) in [6.45, 7) is 4.36. The van der Waals surface area contributed by atoms with Crippen LogP contribution in [0.3, 0.4) is 0 Å². The van der Waals surface area contributed by atoms with Crippen LogP contribution >= 0.6 is 11.8 Å². The van der Waals surface area contributed by atoms with Gasteiger partial charge in [-0.15, -0.1) is 10.2 Å². The molecule has 2 aromatic rings. The van der Waals surface area contributed by atoms with E-state index in [2.05, 4.69) is 34.3 Å². The number of hydrogen-bond acceptors (Lipinski definition) is 5. The van der Waals surface area contributed by atoms with Crippen molar-refractivity contribution >= 4 is 17.7 Å². The molecule has 1 saturated carbocycles. The Balaban J connectivity index is 1.61. The van der Waals surface area contributed by atoms with Gasteiger partial charge >= 0.3 is 0 Å². The van der Waals surface area contributed by atoms with E-state index in [0.29, 0.717) is 11.8 Å². The molecule has 0 radical (unpaired) electrons. The summed E-state index contributed by atoms with van der Waals surface area (Å²) in [7, 11) is 0. The Morgan fingerprint density at radius 2 is 2.04 bits per heavy atom. The molecule has 0 bridgehead atoms. The molecule has 0 spiro atoms. The van der Waals surface area contributed by atoms with Crippen LogP contribution in [0.4, 0.5) is 8.78 Å². The molecule has 1 fully saturated rings. The van der Waals surface area contributed by atoms with Crippen LogP contribution in [0.5, 0.6) is 0 Å². The Bertz CT molecular complexity index is 921. The number of nitrogens with zero attached hydrogens (tertiary/aromatic N) is 2. The molecule has 1 amide bonds. The number of aromatic amines is 1. The van der Waals surface area contributed by atoms with Crippen molar-refractivity contribution < 1.29 is 13.6 Å². The number of carbonyl (C=O) groups excluding carboxylic acids is 1. The minimum atomic E-state index is -1.07. The van der Waals surface area contributed by atoms with E-state index in [4.69, 9.17) is 0 Å². The second kappa shape index (κ2) is 8.81. The molecule has 0 aliphatic heterocycles.